The van der Waals surface area contributed by atoms with E-state index in [0.717, 1.165) is 25.7 Å². The lowest BCUT2D eigenvalue weighted by Gasteiger charge is -2.35. The van der Waals surface area contributed by atoms with Crippen molar-refractivity contribution in [3.63, 3.8) is 0 Å². The van der Waals surface area contributed by atoms with E-state index in [2.05, 4.69) is 21.8 Å². The molecule has 2 aromatic carbocycles. The molecule has 0 spiro atoms. The molecule has 2 heterocycles. The Labute approximate surface area is 189 Å². The number of fused-ring (bicyclic) bond motifs is 1. The van der Waals surface area contributed by atoms with Crippen molar-refractivity contribution in [3.8, 4) is 0 Å². The molecule has 168 valence electrons. The average Bonchev–Trinajstić information content (AvgIpc) is 3.45. The molecule has 2 atom stereocenters. The lowest BCUT2D eigenvalue weighted by molar-refractivity contribution is -0.127. The quantitative estimate of drug-likeness (QED) is 0.765. The van der Waals surface area contributed by atoms with Gasteiger partial charge >= 0.3 is 0 Å². The summed E-state index contributed by atoms with van der Waals surface area (Å²) < 4.78 is 29.0. The summed E-state index contributed by atoms with van der Waals surface area (Å²) >= 11 is 0. The Balaban J connectivity index is 1.34. The van der Waals surface area contributed by atoms with Crippen molar-refractivity contribution in [2.24, 2.45) is 16.2 Å². The standard InChI is InChI=1S/C25H29N3O3S/c29-25(26-23(19-11-4-5-12-19)18-9-2-1-3-10-18)20-13-8-16-28(17-20)24-21-14-6-7-15-22(21)32(30,31)27-24/h1-3,6-7,9-10,14-15,19-20,23H,4-5,8,11-13,16-17H2,(H,26,29). The summed E-state index contributed by atoms with van der Waals surface area (Å²) in [5, 5.41) is 3.37. The Hall–Kier alpha value is -2.67. The Kier molecular flexibility index (Phi) is 5.76. The van der Waals surface area contributed by atoms with Crippen molar-refractivity contribution in [2.45, 2.75) is 49.5 Å². The van der Waals surface area contributed by atoms with Gasteiger partial charge in [0.1, 0.15) is 4.90 Å². The minimum Gasteiger partial charge on any atom is -0.355 e. The van der Waals surface area contributed by atoms with Crippen molar-refractivity contribution in [2.75, 3.05) is 13.1 Å². The SMILES string of the molecule is O=C(NC(c1ccccc1)C1CCCC1)C1CCCN(C2=NS(=O)(=O)c3ccccc32)C1. The van der Waals surface area contributed by atoms with Crippen LogP contribution in [0.15, 0.2) is 63.9 Å². The van der Waals surface area contributed by atoms with Crippen LogP contribution in [0.3, 0.4) is 0 Å². The van der Waals surface area contributed by atoms with Gasteiger partial charge in [-0.15, -0.1) is 4.40 Å². The molecule has 3 aliphatic rings. The van der Waals surface area contributed by atoms with Crippen LogP contribution in [0.2, 0.25) is 0 Å². The number of carbonyl (C=O) groups excluding carboxylic acids is 1. The molecule has 2 unspecified atom stereocenters. The van der Waals surface area contributed by atoms with E-state index >= 15 is 0 Å². The molecule has 5 rings (SSSR count). The highest BCUT2D eigenvalue weighted by molar-refractivity contribution is 7.90. The van der Waals surface area contributed by atoms with Crippen molar-refractivity contribution < 1.29 is 13.2 Å². The number of hydrogen-bond acceptors (Lipinski definition) is 4. The van der Waals surface area contributed by atoms with Crippen molar-refractivity contribution >= 4 is 21.8 Å². The van der Waals surface area contributed by atoms with Gasteiger partial charge in [-0.3, -0.25) is 4.79 Å². The zero-order valence-electron chi connectivity index (χ0n) is 18.1. The molecular formula is C25H29N3O3S. The Morgan fingerprint density at radius 3 is 2.47 bits per heavy atom. The van der Waals surface area contributed by atoms with Crippen LogP contribution in [-0.4, -0.2) is 38.2 Å². The number of likely N-dealkylation sites (tertiary alicyclic amines) is 1. The summed E-state index contributed by atoms with van der Waals surface area (Å²) in [4.78, 5) is 15.6. The molecule has 2 aromatic rings. The third-order valence-corrected chi connectivity index (χ3v) is 8.36. The molecule has 2 aliphatic heterocycles. The molecule has 0 radical (unpaired) electrons. The molecule has 32 heavy (non-hydrogen) atoms. The molecular weight excluding hydrogens is 422 g/mol. The third kappa shape index (κ3) is 4.06. The smallest absolute Gasteiger partial charge is 0.285 e. The zero-order valence-corrected chi connectivity index (χ0v) is 18.9. The second-order valence-electron chi connectivity index (χ2n) is 9.11. The number of nitrogens with one attached hydrogen (secondary N) is 1. The molecule has 1 saturated heterocycles. The number of benzene rings is 2. The van der Waals surface area contributed by atoms with Gasteiger partial charge in [-0.25, -0.2) is 0 Å². The first-order valence-corrected chi connectivity index (χ1v) is 13.0. The summed E-state index contributed by atoms with van der Waals surface area (Å²) in [6, 6.07) is 17.2. The van der Waals surface area contributed by atoms with Crippen molar-refractivity contribution in [1.82, 2.24) is 10.2 Å². The van der Waals surface area contributed by atoms with Crippen LogP contribution in [0, 0.1) is 11.8 Å². The summed E-state index contributed by atoms with van der Waals surface area (Å²) in [5.41, 5.74) is 1.81. The van der Waals surface area contributed by atoms with E-state index in [-0.39, 0.29) is 22.8 Å². The van der Waals surface area contributed by atoms with Crippen molar-refractivity contribution in [3.05, 3.63) is 65.7 Å². The Morgan fingerprint density at radius 1 is 0.969 bits per heavy atom. The van der Waals surface area contributed by atoms with Crippen LogP contribution in [0.5, 0.6) is 0 Å². The first-order chi connectivity index (χ1) is 15.5. The number of hydrogen-bond donors (Lipinski definition) is 1. The topological polar surface area (TPSA) is 78.8 Å². The van der Waals surface area contributed by atoms with E-state index in [9.17, 15) is 13.2 Å². The summed E-state index contributed by atoms with van der Waals surface area (Å²) in [6.45, 7) is 1.19. The van der Waals surface area contributed by atoms with E-state index in [1.165, 1.54) is 18.4 Å². The van der Waals surface area contributed by atoms with E-state index < -0.39 is 10.0 Å². The molecule has 7 heteroatoms. The fourth-order valence-electron chi connectivity index (χ4n) is 5.40. The van der Waals surface area contributed by atoms with Crippen LogP contribution in [-0.2, 0) is 14.8 Å². The lowest BCUT2D eigenvalue weighted by atomic mass is 9.90. The van der Waals surface area contributed by atoms with E-state index in [4.69, 9.17) is 0 Å². The highest BCUT2D eigenvalue weighted by Crippen LogP contribution is 2.36. The predicted octanol–water partition coefficient (Wildman–Crippen LogP) is 3.90. The van der Waals surface area contributed by atoms with Crippen LogP contribution in [0.1, 0.15) is 55.7 Å². The number of amidine groups is 1. The molecule has 0 bridgehead atoms. The molecule has 1 N–H and O–H groups in total. The summed E-state index contributed by atoms with van der Waals surface area (Å²) in [5.74, 6) is 0.825. The average molecular weight is 452 g/mol. The fourth-order valence-corrected chi connectivity index (χ4v) is 6.62. The normalized spacial score (nSPS) is 23.4. The molecule has 0 aromatic heterocycles. The molecule has 2 fully saturated rings. The van der Waals surface area contributed by atoms with Crippen LogP contribution < -0.4 is 5.32 Å². The number of amides is 1. The van der Waals surface area contributed by atoms with Gasteiger partial charge in [0.2, 0.25) is 5.91 Å². The summed E-state index contributed by atoms with van der Waals surface area (Å²) in [6.07, 6.45) is 6.35. The monoisotopic (exact) mass is 451 g/mol. The van der Waals surface area contributed by atoms with Crippen LogP contribution in [0.4, 0.5) is 0 Å². The van der Waals surface area contributed by atoms with Gasteiger partial charge in [-0.1, -0.05) is 55.3 Å². The predicted molar refractivity (Wildman–Crippen MR) is 124 cm³/mol. The second kappa shape index (κ2) is 8.70. The number of rotatable bonds is 4. The van der Waals surface area contributed by atoms with Gasteiger partial charge in [-0.05, 0) is 49.3 Å². The van der Waals surface area contributed by atoms with Gasteiger partial charge in [0, 0.05) is 18.7 Å². The van der Waals surface area contributed by atoms with Crippen LogP contribution >= 0.6 is 0 Å². The van der Waals surface area contributed by atoms with Gasteiger partial charge in [0.15, 0.2) is 5.84 Å². The molecule has 1 aliphatic carbocycles. The Bertz CT molecular complexity index is 1120. The number of sulfonamides is 1. The van der Waals surface area contributed by atoms with Crippen LogP contribution in [0.25, 0.3) is 0 Å². The summed E-state index contributed by atoms with van der Waals surface area (Å²) in [7, 11) is -3.66. The highest BCUT2D eigenvalue weighted by Gasteiger charge is 2.36. The first-order valence-electron chi connectivity index (χ1n) is 11.6. The first kappa shape index (κ1) is 21.2. The van der Waals surface area contributed by atoms with Crippen molar-refractivity contribution in [1.29, 1.82) is 0 Å². The second-order valence-corrected chi connectivity index (χ2v) is 10.7. The number of nitrogens with zero attached hydrogens (tertiary/aromatic N) is 2. The third-order valence-electron chi connectivity index (χ3n) is 7.03. The Morgan fingerprint density at radius 2 is 1.69 bits per heavy atom. The highest BCUT2D eigenvalue weighted by atomic mass is 32.2. The molecule has 1 amide bonds. The maximum Gasteiger partial charge on any atom is 0.285 e. The van der Waals surface area contributed by atoms with E-state index in [1.54, 1.807) is 18.2 Å². The number of carbonyl (C=O) groups is 1. The van der Waals surface area contributed by atoms with Gasteiger partial charge in [-0.2, -0.15) is 8.42 Å². The maximum absolute atomic E-state index is 13.4. The maximum atomic E-state index is 13.4. The minimum atomic E-state index is -3.66. The lowest BCUT2D eigenvalue weighted by Crippen LogP contribution is -2.46. The molecule has 6 nitrogen and oxygen atoms in total. The van der Waals surface area contributed by atoms with E-state index in [0.29, 0.717) is 30.4 Å². The van der Waals surface area contributed by atoms with E-state index in [1.807, 2.05) is 29.2 Å². The van der Waals surface area contributed by atoms with Gasteiger partial charge < -0.3 is 10.2 Å². The zero-order chi connectivity index (χ0) is 22.1. The number of piperidine rings is 1. The fraction of sp³-hybridized carbons (Fsp3) is 0.440. The molecule has 1 saturated carbocycles. The largest absolute Gasteiger partial charge is 0.355 e. The minimum absolute atomic E-state index is 0.0338. The van der Waals surface area contributed by atoms with Gasteiger partial charge in [0.25, 0.3) is 10.0 Å². The van der Waals surface area contributed by atoms with Gasteiger partial charge in [0.05, 0.1) is 12.0 Å².